The first-order valence-electron chi connectivity index (χ1n) is 2.05. The van der Waals surface area contributed by atoms with E-state index in [4.69, 9.17) is 0 Å². The minimum Gasteiger partial charge on any atom is -0.663 e. The molecule has 0 aromatic heterocycles. The molecule has 1 nitrogen and oxygen atoms in total. The van der Waals surface area contributed by atoms with E-state index in [1.165, 1.54) is 0 Å². The predicted molar refractivity (Wildman–Crippen MR) is 50.4 cm³/mol. The molecule has 0 spiro atoms. The van der Waals surface area contributed by atoms with Gasteiger partial charge in [0, 0.05) is 23.9 Å². The van der Waals surface area contributed by atoms with Crippen molar-refractivity contribution in [1.29, 1.82) is 0 Å². The van der Waals surface area contributed by atoms with Crippen LogP contribution in [0.25, 0.3) is 5.32 Å². The van der Waals surface area contributed by atoms with Crippen LogP contribution in [-0.2, 0) is 0 Å². The van der Waals surface area contributed by atoms with Crippen LogP contribution >= 0.6 is 0 Å². The molecule has 9 heavy (non-hydrogen) atoms. The molecule has 0 atom stereocenters. The molecule has 0 saturated carbocycles. The topological polar surface area (TPSA) is 14.1 Å². The summed E-state index contributed by atoms with van der Waals surface area (Å²) in [5.74, 6) is 0. The Kier molecular flexibility index (Phi) is 137. The van der Waals surface area contributed by atoms with Crippen LogP contribution in [0.3, 0.4) is 0 Å². The van der Waals surface area contributed by atoms with Crippen molar-refractivity contribution in [3.63, 3.8) is 0 Å². The fourth-order valence-corrected chi connectivity index (χ4v) is 0.224. The summed E-state index contributed by atoms with van der Waals surface area (Å²) < 4.78 is 0. The van der Waals surface area contributed by atoms with Gasteiger partial charge in [0.2, 0.25) is 0 Å². The molecular formula is C7H22NSn-. The fraction of sp³-hybridized carbons (Fsp3) is 1.00. The molecule has 0 bridgehead atoms. The smallest absolute Gasteiger partial charge is 0 e. The zero-order chi connectivity index (χ0) is 4.12. The maximum atomic E-state index is 3.97. The van der Waals surface area contributed by atoms with Gasteiger partial charge in [0.05, 0.1) is 0 Å². The minimum absolute atomic E-state index is 0. The van der Waals surface area contributed by atoms with Crippen LogP contribution < -0.4 is 0 Å². The van der Waals surface area contributed by atoms with E-state index in [0.29, 0.717) is 0 Å². The van der Waals surface area contributed by atoms with Gasteiger partial charge in [-0.05, 0) is 0 Å². The number of nitrogens with zero attached hydrogens (tertiary/aromatic N) is 1. The molecule has 0 aliphatic carbocycles. The first-order chi connectivity index (χ1) is 2.41. The van der Waals surface area contributed by atoms with E-state index in [-0.39, 0.29) is 46.2 Å². The molecule has 0 fully saturated rings. The molecule has 2 heteroatoms. The second-order valence-corrected chi connectivity index (χ2v) is 0.856. The van der Waals surface area contributed by atoms with Crippen LogP contribution in [0.5, 0.6) is 0 Å². The van der Waals surface area contributed by atoms with Crippen molar-refractivity contribution in [2.24, 2.45) is 0 Å². The van der Waals surface area contributed by atoms with Crippen molar-refractivity contribution in [3.8, 4) is 0 Å². The van der Waals surface area contributed by atoms with Crippen LogP contribution in [0.15, 0.2) is 0 Å². The Bertz CT molecular complexity index is 16.4. The van der Waals surface area contributed by atoms with E-state index < -0.39 is 0 Å². The number of rotatable bonds is 2. The Morgan fingerprint density at radius 2 is 1.11 bits per heavy atom. The van der Waals surface area contributed by atoms with Gasteiger partial charge in [0.15, 0.2) is 0 Å². The largest absolute Gasteiger partial charge is 0.663 e. The summed E-state index contributed by atoms with van der Waals surface area (Å²) in [6.07, 6.45) is 0. The normalized spacial score (nSPS) is 4.67. The predicted octanol–water partition coefficient (Wildman–Crippen LogP) is 2.93. The van der Waals surface area contributed by atoms with E-state index in [9.17, 15) is 0 Å². The van der Waals surface area contributed by atoms with Crippen molar-refractivity contribution < 1.29 is 0 Å². The van der Waals surface area contributed by atoms with Gasteiger partial charge in [0.1, 0.15) is 0 Å². The third-order valence-corrected chi connectivity index (χ3v) is 0.447. The monoisotopic (exact) mass is 240 g/mol. The summed E-state index contributed by atoms with van der Waals surface area (Å²) in [5, 5.41) is 3.97. The Morgan fingerprint density at radius 1 is 0.889 bits per heavy atom. The average molecular weight is 239 g/mol. The van der Waals surface area contributed by atoms with Crippen molar-refractivity contribution in [2.45, 2.75) is 36.1 Å². The van der Waals surface area contributed by atoms with E-state index in [0.717, 1.165) is 13.1 Å². The van der Waals surface area contributed by atoms with E-state index in [1.54, 1.807) is 0 Å². The van der Waals surface area contributed by atoms with E-state index >= 15 is 0 Å². The maximum Gasteiger partial charge on any atom is 0 e. The summed E-state index contributed by atoms with van der Waals surface area (Å²) in [6.45, 7) is 6.03. The van der Waals surface area contributed by atoms with Gasteiger partial charge >= 0.3 is 0 Å². The van der Waals surface area contributed by atoms with Gasteiger partial charge < -0.3 is 5.32 Å². The zero-order valence-corrected chi connectivity index (χ0v) is 7.22. The quantitative estimate of drug-likeness (QED) is 0.657. The molecule has 0 saturated heterocycles. The zero-order valence-electron chi connectivity index (χ0n) is 4.36. The third kappa shape index (κ3) is 52.6. The van der Waals surface area contributed by atoms with Gasteiger partial charge in [-0.2, -0.15) is 13.1 Å². The number of hydrogen-bond donors (Lipinski definition) is 0. The third-order valence-electron chi connectivity index (χ3n) is 0.447. The van der Waals surface area contributed by atoms with Crippen molar-refractivity contribution in [3.05, 3.63) is 5.32 Å². The summed E-state index contributed by atoms with van der Waals surface area (Å²) in [5.41, 5.74) is 0. The molecule has 60 valence electrons. The molecule has 0 aliphatic rings. The molecule has 0 amide bonds. The van der Waals surface area contributed by atoms with Gasteiger partial charge in [-0.15, -0.1) is 0 Å². The Labute approximate surface area is 78.6 Å². The van der Waals surface area contributed by atoms with Crippen molar-refractivity contribution in [1.82, 2.24) is 0 Å². The maximum absolute atomic E-state index is 3.97. The Balaban J connectivity index is -0.0000000133. The summed E-state index contributed by atoms with van der Waals surface area (Å²) in [4.78, 5) is 0. The van der Waals surface area contributed by atoms with Gasteiger partial charge in [-0.3, -0.25) is 0 Å². The molecule has 0 N–H and O–H groups in total. The van der Waals surface area contributed by atoms with Crippen LogP contribution in [0, 0.1) is 0 Å². The molecule has 0 heterocycles. The fourth-order valence-electron chi connectivity index (χ4n) is 0.224. The second-order valence-electron chi connectivity index (χ2n) is 0.856. The second kappa shape index (κ2) is 37.3. The van der Waals surface area contributed by atoms with E-state index in [2.05, 4.69) is 5.32 Å². The molecule has 0 rings (SSSR count). The van der Waals surface area contributed by atoms with Crippen LogP contribution in [0.4, 0.5) is 0 Å². The molecular weight excluding hydrogens is 217 g/mol. The SMILES string of the molecule is C.C.C.CC[N-]CC.[Sn]. The van der Waals surface area contributed by atoms with Gasteiger partial charge in [-0.25, -0.2) is 0 Å². The molecule has 0 unspecified atom stereocenters. The van der Waals surface area contributed by atoms with Gasteiger partial charge in [-0.1, -0.05) is 36.1 Å². The Hall–Kier alpha value is 0.759. The van der Waals surface area contributed by atoms with Crippen molar-refractivity contribution >= 4 is 23.9 Å². The number of hydrogen-bond acceptors (Lipinski definition) is 0. The summed E-state index contributed by atoms with van der Waals surface area (Å²) >= 11 is 0. The van der Waals surface area contributed by atoms with Crippen LogP contribution in [0.1, 0.15) is 36.1 Å². The minimum atomic E-state index is 0. The first-order valence-corrected chi connectivity index (χ1v) is 2.05. The molecule has 0 aromatic rings. The van der Waals surface area contributed by atoms with E-state index in [1.807, 2.05) is 13.8 Å². The molecule has 0 aliphatic heterocycles. The Morgan fingerprint density at radius 3 is 1.11 bits per heavy atom. The van der Waals surface area contributed by atoms with Crippen LogP contribution in [-0.4, -0.2) is 37.0 Å². The molecule has 4 radical (unpaired) electrons. The van der Waals surface area contributed by atoms with Gasteiger partial charge in [0.25, 0.3) is 0 Å². The standard InChI is InChI=1S/C4H10N.3CH4.Sn/c1-3-5-4-2;;;;/h3-4H2,1-2H3;3*1H4;/q-1;;;;. The summed E-state index contributed by atoms with van der Waals surface area (Å²) in [7, 11) is 0. The first kappa shape index (κ1) is 33.1. The van der Waals surface area contributed by atoms with Crippen LogP contribution in [0.2, 0.25) is 0 Å². The van der Waals surface area contributed by atoms with Crippen molar-refractivity contribution in [2.75, 3.05) is 13.1 Å². The molecule has 0 aromatic carbocycles. The summed E-state index contributed by atoms with van der Waals surface area (Å²) in [6, 6.07) is 0. The average Bonchev–Trinajstić information content (AvgIpc) is 1.41.